The van der Waals surface area contributed by atoms with Crippen molar-refractivity contribution < 1.29 is 18.3 Å². The van der Waals surface area contributed by atoms with Crippen LogP contribution in [0.5, 0.6) is 0 Å². The van der Waals surface area contributed by atoms with Gasteiger partial charge in [0.1, 0.15) is 6.04 Å². The lowest BCUT2D eigenvalue weighted by atomic mass is 10.2. The second-order valence-electron chi connectivity index (χ2n) is 3.76. The fraction of sp³-hybridized carbons (Fsp3) is 0.556. The second kappa shape index (κ2) is 5.63. The average Bonchev–Trinajstić information content (AvgIpc) is 2.58. The van der Waals surface area contributed by atoms with E-state index in [0.717, 1.165) is 11.3 Å². The van der Waals surface area contributed by atoms with Crippen molar-refractivity contribution in [1.29, 1.82) is 0 Å². The maximum Gasteiger partial charge on any atom is 0.326 e. The lowest BCUT2D eigenvalue weighted by Crippen LogP contribution is -2.28. The molecule has 18 heavy (non-hydrogen) atoms. The highest BCUT2D eigenvalue weighted by Gasteiger charge is 2.21. The van der Waals surface area contributed by atoms with Crippen molar-refractivity contribution in [2.24, 2.45) is 5.14 Å². The predicted molar refractivity (Wildman–Crippen MR) is 68.2 cm³/mol. The first kappa shape index (κ1) is 14.9. The minimum Gasteiger partial charge on any atom is -0.480 e. The zero-order chi connectivity index (χ0) is 13.9. The Labute approximate surface area is 109 Å². The number of hydrogen-bond acceptors (Lipinski definition) is 6. The van der Waals surface area contributed by atoms with Crippen LogP contribution >= 0.6 is 11.3 Å². The number of hydrogen-bond donors (Lipinski definition) is 3. The third kappa shape index (κ3) is 3.65. The van der Waals surface area contributed by atoms with Crippen LogP contribution in [0.25, 0.3) is 0 Å². The van der Waals surface area contributed by atoms with E-state index in [4.69, 9.17) is 10.2 Å². The van der Waals surface area contributed by atoms with Crippen LogP contribution in [0.3, 0.4) is 0 Å². The van der Waals surface area contributed by atoms with Gasteiger partial charge in [0.2, 0.25) is 10.0 Å². The number of primary sulfonamides is 1. The van der Waals surface area contributed by atoms with Crippen LogP contribution in [0.15, 0.2) is 4.21 Å². The summed E-state index contributed by atoms with van der Waals surface area (Å²) in [6.45, 7) is 3.37. The van der Waals surface area contributed by atoms with Gasteiger partial charge in [-0.2, -0.15) is 0 Å². The molecule has 4 N–H and O–H groups in total. The smallest absolute Gasteiger partial charge is 0.326 e. The van der Waals surface area contributed by atoms with Gasteiger partial charge < -0.3 is 10.4 Å². The highest BCUT2D eigenvalue weighted by molar-refractivity contribution is 7.91. The highest BCUT2D eigenvalue weighted by Crippen LogP contribution is 2.26. The summed E-state index contributed by atoms with van der Waals surface area (Å²) < 4.78 is 22.4. The molecule has 0 saturated heterocycles. The largest absolute Gasteiger partial charge is 0.480 e. The van der Waals surface area contributed by atoms with Crippen LogP contribution in [-0.4, -0.2) is 30.5 Å². The molecule has 0 fully saturated rings. The quantitative estimate of drug-likeness (QED) is 0.711. The van der Waals surface area contributed by atoms with Crippen LogP contribution in [0.2, 0.25) is 0 Å². The Morgan fingerprint density at radius 3 is 2.61 bits per heavy atom. The van der Waals surface area contributed by atoms with E-state index >= 15 is 0 Å². The maximum atomic E-state index is 11.2. The van der Waals surface area contributed by atoms with E-state index in [1.807, 2.05) is 6.92 Å². The average molecular weight is 293 g/mol. The summed E-state index contributed by atoms with van der Waals surface area (Å²) in [7, 11) is -3.81. The summed E-state index contributed by atoms with van der Waals surface area (Å²) in [5, 5.41) is 16.9. The van der Waals surface area contributed by atoms with E-state index in [9.17, 15) is 13.2 Å². The lowest BCUT2D eigenvalue weighted by Gasteiger charge is -2.11. The highest BCUT2D eigenvalue weighted by atomic mass is 32.2. The number of aliphatic carboxylic acids is 1. The molecule has 7 nitrogen and oxygen atoms in total. The van der Waals surface area contributed by atoms with Crippen LogP contribution in [0.1, 0.15) is 25.5 Å². The first-order valence-electron chi connectivity index (χ1n) is 5.25. The number of nitrogens with one attached hydrogen (secondary N) is 1. The Bertz CT molecular complexity index is 538. The van der Waals surface area contributed by atoms with E-state index < -0.39 is 22.0 Å². The van der Waals surface area contributed by atoms with Crippen molar-refractivity contribution in [3.8, 4) is 0 Å². The molecule has 0 aliphatic carbocycles. The summed E-state index contributed by atoms with van der Waals surface area (Å²) in [5.74, 6) is -0.998. The van der Waals surface area contributed by atoms with E-state index in [1.54, 1.807) is 0 Å². The lowest BCUT2D eigenvalue weighted by molar-refractivity contribution is -0.138. The molecule has 0 aliphatic rings. The van der Waals surface area contributed by atoms with Gasteiger partial charge in [-0.3, -0.25) is 0 Å². The van der Waals surface area contributed by atoms with Gasteiger partial charge in [-0.15, -0.1) is 0 Å². The van der Waals surface area contributed by atoms with Crippen molar-refractivity contribution in [1.82, 2.24) is 4.98 Å². The SMILES string of the molecule is CCCC(Nc1nc(C)c(S(N)(=O)=O)s1)C(=O)O. The summed E-state index contributed by atoms with van der Waals surface area (Å²) in [4.78, 5) is 14.9. The number of carboxylic acid groups (broad SMARTS) is 1. The standard InChI is InChI=1S/C9H15N3O4S2/c1-3-4-6(7(13)14)12-9-11-5(2)8(17-9)18(10,15)16/h6H,3-4H2,1-2H3,(H,11,12)(H,13,14)(H2,10,15,16). The molecular formula is C9H15N3O4S2. The first-order valence-corrected chi connectivity index (χ1v) is 7.61. The van der Waals surface area contributed by atoms with E-state index in [-0.39, 0.29) is 15.0 Å². The zero-order valence-electron chi connectivity index (χ0n) is 10.0. The number of anilines is 1. The molecule has 102 valence electrons. The van der Waals surface area contributed by atoms with Crippen LogP contribution < -0.4 is 10.5 Å². The van der Waals surface area contributed by atoms with Gasteiger partial charge >= 0.3 is 5.97 Å². The third-order valence-corrected chi connectivity index (χ3v) is 4.83. The number of rotatable bonds is 6. The molecule has 1 rings (SSSR count). The number of aromatic nitrogens is 1. The Kier molecular flexibility index (Phi) is 4.65. The van der Waals surface area contributed by atoms with Crippen molar-refractivity contribution in [3.63, 3.8) is 0 Å². The van der Waals surface area contributed by atoms with E-state index in [2.05, 4.69) is 10.3 Å². The Morgan fingerprint density at radius 2 is 2.22 bits per heavy atom. The third-order valence-electron chi connectivity index (χ3n) is 2.19. The second-order valence-corrected chi connectivity index (χ2v) is 6.52. The van der Waals surface area contributed by atoms with E-state index in [0.29, 0.717) is 12.8 Å². The number of carboxylic acids is 1. The summed E-state index contributed by atoms with van der Waals surface area (Å²) in [6, 6.07) is -0.783. The van der Waals surface area contributed by atoms with Gasteiger partial charge in [-0.25, -0.2) is 23.3 Å². The van der Waals surface area contributed by atoms with Crippen molar-refractivity contribution in [2.45, 2.75) is 36.9 Å². The van der Waals surface area contributed by atoms with Gasteiger partial charge in [-0.1, -0.05) is 24.7 Å². The van der Waals surface area contributed by atoms with Gasteiger partial charge in [0, 0.05) is 0 Å². The number of aryl methyl sites for hydroxylation is 1. The Hall–Kier alpha value is -1.19. The maximum absolute atomic E-state index is 11.2. The first-order chi connectivity index (χ1) is 8.25. The number of thiazole rings is 1. The van der Waals surface area contributed by atoms with Gasteiger partial charge in [0.15, 0.2) is 9.34 Å². The molecule has 0 aromatic carbocycles. The molecule has 0 spiro atoms. The fourth-order valence-electron chi connectivity index (χ4n) is 1.40. The number of nitrogens with two attached hydrogens (primary N) is 1. The van der Waals surface area contributed by atoms with Crippen molar-refractivity contribution >= 4 is 32.5 Å². The molecule has 1 aromatic rings. The molecule has 0 bridgehead atoms. The molecule has 1 heterocycles. The molecule has 1 unspecified atom stereocenters. The zero-order valence-corrected chi connectivity index (χ0v) is 11.6. The minimum atomic E-state index is -3.81. The van der Waals surface area contributed by atoms with Crippen LogP contribution in [0, 0.1) is 6.92 Å². The molecule has 0 saturated carbocycles. The summed E-state index contributed by atoms with van der Waals surface area (Å²) >= 11 is 0.840. The molecule has 0 amide bonds. The van der Waals surface area contributed by atoms with E-state index in [1.165, 1.54) is 6.92 Å². The molecular weight excluding hydrogens is 278 g/mol. The molecule has 1 aromatic heterocycles. The Morgan fingerprint density at radius 1 is 1.61 bits per heavy atom. The summed E-state index contributed by atoms with van der Waals surface area (Å²) in [6.07, 6.45) is 1.12. The van der Waals surface area contributed by atoms with Crippen molar-refractivity contribution in [2.75, 3.05) is 5.32 Å². The number of carbonyl (C=O) groups is 1. The number of nitrogens with zero attached hydrogens (tertiary/aromatic N) is 1. The van der Waals surface area contributed by atoms with Gasteiger partial charge in [0.05, 0.1) is 5.69 Å². The predicted octanol–water partition coefficient (Wildman–Crippen LogP) is 0.764. The molecule has 0 aliphatic heterocycles. The topological polar surface area (TPSA) is 122 Å². The van der Waals surface area contributed by atoms with Crippen molar-refractivity contribution in [3.05, 3.63) is 5.69 Å². The van der Waals surface area contributed by atoms with Gasteiger partial charge in [0.25, 0.3) is 0 Å². The minimum absolute atomic E-state index is 0.0503. The van der Waals surface area contributed by atoms with Gasteiger partial charge in [-0.05, 0) is 13.3 Å². The van der Waals surface area contributed by atoms with Crippen LogP contribution in [0.4, 0.5) is 5.13 Å². The monoisotopic (exact) mass is 293 g/mol. The fourth-order valence-corrected chi connectivity index (χ4v) is 3.31. The molecule has 0 radical (unpaired) electrons. The normalized spacial score (nSPS) is 13.3. The van der Waals surface area contributed by atoms with Crippen LogP contribution in [-0.2, 0) is 14.8 Å². The summed E-state index contributed by atoms with van der Waals surface area (Å²) in [5.41, 5.74) is 0.269. The molecule has 1 atom stereocenters. The Balaban J connectivity index is 2.95. The number of sulfonamides is 1. The molecule has 9 heteroatoms.